The molecule has 8 heteroatoms. The van der Waals surface area contributed by atoms with Gasteiger partial charge < -0.3 is 14.3 Å². The zero-order valence-electron chi connectivity index (χ0n) is 13.2. The molecule has 0 fully saturated rings. The monoisotopic (exact) mass is 439 g/mol. The fourth-order valence-corrected chi connectivity index (χ4v) is 2.91. The van der Waals surface area contributed by atoms with E-state index in [4.69, 9.17) is 25.9 Å². The van der Waals surface area contributed by atoms with E-state index in [1.165, 1.54) is 18.4 Å². The van der Waals surface area contributed by atoms with Crippen molar-refractivity contribution in [3.8, 4) is 17.0 Å². The highest BCUT2D eigenvalue weighted by Crippen LogP contribution is 2.33. The molecular weight excluding hydrogens is 429 g/mol. The van der Waals surface area contributed by atoms with Crippen molar-refractivity contribution in [1.82, 2.24) is 4.98 Å². The van der Waals surface area contributed by atoms with Crippen LogP contribution in [0.15, 0.2) is 51.6 Å². The molecule has 1 N–H and O–H groups in total. The average Bonchev–Trinajstić information content (AvgIpc) is 3.04. The van der Waals surface area contributed by atoms with Crippen LogP contribution in [0.1, 0.15) is 11.5 Å². The zero-order chi connectivity index (χ0) is 18.7. The quantitative estimate of drug-likeness (QED) is 0.587. The highest BCUT2D eigenvalue weighted by molar-refractivity contribution is 9.10. The Balaban J connectivity index is 1.87. The molecule has 0 unspecified atom stereocenters. The highest BCUT2D eigenvalue weighted by atomic mass is 79.9. The maximum Gasteiger partial charge on any atom is 0.341 e. The lowest BCUT2D eigenvalue weighted by atomic mass is 10.1. The Morgan fingerprint density at radius 2 is 2.12 bits per heavy atom. The lowest BCUT2D eigenvalue weighted by Gasteiger charge is -2.08. The minimum Gasteiger partial charge on any atom is -0.481 e. The summed E-state index contributed by atoms with van der Waals surface area (Å²) in [4.78, 5) is 15.1. The first-order valence-electron chi connectivity index (χ1n) is 7.45. The van der Waals surface area contributed by atoms with Crippen LogP contribution in [0.2, 0.25) is 5.02 Å². The van der Waals surface area contributed by atoms with Crippen molar-refractivity contribution in [2.24, 2.45) is 0 Å². The summed E-state index contributed by atoms with van der Waals surface area (Å²) in [5.74, 6) is -0.736. The number of aliphatic carboxylic acids is 1. The molecule has 0 saturated heterocycles. The predicted molar refractivity (Wildman–Crippen MR) is 97.0 cm³/mol. The Morgan fingerprint density at radius 1 is 1.31 bits per heavy atom. The number of halogens is 3. The van der Waals surface area contributed by atoms with Crippen LogP contribution in [0.5, 0.6) is 5.75 Å². The van der Waals surface area contributed by atoms with Crippen molar-refractivity contribution in [1.29, 1.82) is 0 Å². The van der Waals surface area contributed by atoms with E-state index < -0.39 is 18.4 Å². The second kappa shape index (κ2) is 7.88. The van der Waals surface area contributed by atoms with Gasteiger partial charge in [-0.05, 0) is 35.9 Å². The molecule has 0 atom stereocenters. The standard InChI is InChI=1S/C18H12BrClFNO4/c19-11-2-4-16(25-9-18(23)24)13(6-11)15-8-26-17(22-15)5-10-1-3-12(21)7-14(10)20/h1-4,6-8H,5,9H2,(H,23,24). The number of hydrogen-bond acceptors (Lipinski definition) is 4. The number of carbonyl (C=O) groups is 1. The number of oxazole rings is 1. The van der Waals surface area contributed by atoms with Gasteiger partial charge in [-0.15, -0.1) is 0 Å². The Morgan fingerprint density at radius 3 is 2.85 bits per heavy atom. The van der Waals surface area contributed by atoms with Crippen LogP contribution in [-0.4, -0.2) is 22.7 Å². The minimum atomic E-state index is -1.08. The molecule has 26 heavy (non-hydrogen) atoms. The lowest BCUT2D eigenvalue weighted by molar-refractivity contribution is -0.139. The average molecular weight is 441 g/mol. The molecule has 0 aliphatic heterocycles. The third-order valence-corrected chi connectivity index (χ3v) is 4.32. The smallest absolute Gasteiger partial charge is 0.341 e. The van der Waals surface area contributed by atoms with E-state index in [-0.39, 0.29) is 5.02 Å². The maximum atomic E-state index is 13.1. The number of carboxylic acids is 1. The Kier molecular flexibility index (Phi) is 5.58. The lowest BCUT2D eigenvalue weighted by Crippen LogP contribution is -2.10. The summed E-state index contributed by atoms with van der Waals surface area (Å²) < 4.78 is 24.7. The second-order valence-corrected chi connectivity index (χ2v) is 6.68. The second-order valence-electron chi connectivity index (χ2n) is 5.36. The Hall–Kier alpha value is -2.38. The molecule has 0 bridgehead atoms. The van der Waals surface area contributed by atoms with Gasteiger partial charge in [0, 0.05) is 15.1 Å². The SMILES string of the molecule is O=C(O)COc1ccc(Br)cc1-c1coc(Cc2ccc(F)cc2Cl)n1. The van der Waals surface area contributed by atoms with Gasteiger partial charge in [-0.3, -0.25) is 0 Å². The van der Waals surface area contributed by atoms with Gasteiger partial charge in [-0.1, -0.05) is 33.6 Å². The maximum absolute atomic E-state index is 13.1. The van der Waals surface area contributed by atoms with E-state index in [1.54, 1.807) is 24.3 Å². The van der Waals surface area contributed by atoms with Gasteiger partial charge in [-0.2, -0.15) is 0 Å². The highest BCUT2D eigenvalue weighted by Gasteiger charge is 2.15. The van der Waals surface area contributed by atoms with E-state index in [2.05, 4.69) is 20.9 Å². The summed E-state index contributed by atoms with van der Waals surface area (Å²) in [6, 6.07) is 9.25. The summed E-state index contributed by atoms with van der Waals surface area (Å²) in [6.45, 7) is -0.468. The fraction of sp³-hybridized carbons (Fsp3) is 0.111. The third kappa shape index (κ3) is 4.42. The first kappa shape index (κ1) is 18.4. The molecule has 1 heterocycles. The molecule has 3 rings (SSSR count). The largest absolute Gasteiger partial charge is 0.481 e. The van der Waals surface area contributed by atoms with E-state index in [1.807, 2.05) is 0 Å². The van der Waals surface area contributed by atoms with Gasteiger partial charge >= 0.3 is 5.97 Å². The first-order chi connectivity index (χ1) is 12.4. The summed E-state index contributed by atoms with van der Waals surface area (Å²) in [6.07, 6.45) is 1.74. The first-order valence-corrected chi connectivity index (χ1v) is 8.62. The molecule has 134 valence electrons. The number of nitrogens with zero attached hydrogens (tertiary/aromatic N) is 1. The molecule has 0 aliphatic carbocycles. The van der Waals surface area contributed by atoms with Crippen LogP contribution in [0, 0.1) is 5.82 Å². The van der Waals surface area contributed by atoms with Gasteiger partial charge in [0.15, 0.2) is 12.5 Å². The summed E-state index contributed by atoms with van der Waals surface area (Å²) in [5, 5.41) is 9.09. The molecule has 1 aromatic heterocycles. The number of carboxylic acid groups (broad SMARTS) is 1. The van der Waals surface area contributed by atoms with Crippen molar-refractivity contribution < 1.29 is 23.4 Å². The molecule has 3 aromatic rings. The minimum absolute atomic E-state index is 0.290. The van der Waals surface area contributed by atoms with Gasteiger partial charge in [0.25, 0.3) is 0 Å². The van der Waals surface area contributed by atoms with Crippen LogP contribution in [0.4, 0.5) is 4.39 Å². The van der Waals surface area contributed by atoms with Gasteiger partial charge in [0.05, 0.1) is 6.42 Å². The zero-order valence-corrected chi connectivity index (χ0v) is 15.6. The van der Waals surface area contributed by atoms with Crippen molar-refractivity contribution in [3.05, 3.63) is 69.4 Å². The van der Waals surface area contributed by atoms with Crippen molar-refractivity contribution in [3.63, 3.8) is 0 Å². The molecule has 0 radical (unpaired) electrons. The Labute approximate surface area is 161 Å². The van der Waals surface area contributed by atoms with E-state index >= 15 is 0 Å². The summed E-state index contributed by atoms with van der Waals surface area (Å²) in [5.41, 5.74) is 1.75. The van der Waals surface area contributed by atoms with Crippen LogP contribution >= 0.6 is 27.5 Å². The van der Waals surface area contributed by atoms with Crippen LogP contribution in [0.3, 0.4) is 0 Å². The summed E-state index contributed by atoms with van der Waals surface area (Å²) in [7, 11) is 0. The molecule has 0 spiro atoms. The van der Waals surface area contributed by atoms with Crippen LogP contribution < -0.4 is 4.74 Å². The van der Waals surface area contributed by atoms with Gasteiger partial charge in [0.1, 0.15) is 23.5 Å². The molecular formula is C18H12BrClFNO4. The topological polar surface area (TPSA) is 72.6 Å². The van der Waals surface area contributed by atoms with Crippen LogP contribution in [-0.2, 0) is 11.2 Å². The predicted octanol–water partition coefficient (Wildman–Crippen LogP) is 4.95. The number of rotatable bonds is 6. The number of ether oxygens (including phenoxy) is 1. The van der Waals surface area contributed by atoms with Gasteiger partial charge in [0.2, 0.25) is 0 Å². The molecule has 0 aliphatic rings. The third-order valence-electron chi connectivity index (χ3n) is 3.48. The number of benzene rings is 2. The van der Waals surface area contributed by atoms with E-state index in [0.29, 0.717) is 34.9 Å². The van der Waals surface area contributed by atoms with E-state index in [0.717, 1.165) is 4.47 Å². The summed E-state index contributed by atoms with van der Waals surface area (Å²) >= 11 is 9.40. The van der Waals surface area contributed by atoms with Gasteiger partial charge in [-0.25, -0.2) is 14.2 Å². The van der Waals surface area contributed by atoms with Crippen molar-refractivity contribution >= 4 is 33.5 Å². The number of hydrogen-bond donors (Lipinski definition) is 1. The normalized spacial score (nSPS) is 10.7. The number of aromatic nitrogens is 1. The fourth-order valence-electron chi connectivity index (χ4n) is 2.31. The molecule has 0 amide bonds. The molecule has 2 aromatic carbocycles. The Bertz CT molecular complexity index is 960. The van der Waals surface area contributed by atoms with Crippen molar-refractivity contribution in [2.45, 2.75) is 6.42 Å². The van der Waals surface area contributed by atoms with Crippen molar-refractivity contribution in [2.75, 3.05) is 6.61 Å². The van der Waals surface area contributed by atoms with E-state index in [9.17, 15) is 9.18 Å². The molecule has 0 saturated carbocycles. The molecule has 5 nitrogen and oxygen atoms in total. The van der Waals surface area contributed by atoms with Crippen LogP contribution in [0.25, 0.3) is 11.3 Å².